The Morgan fingerprint density at radius 3 is 2.97 bits per heavy atom. The van der Waals surface area contributed by atoms with Crippen molar-refractivity contribution < 1.29 is 14.2 Å². The van der Waals surface area contributed by atoms with Crippen LogP contribution >= 0.6 is 11.3 Å². The first-order valence-corrected chi connectivity index (χ1v) is 14.4. The molecule has 9 nitrogen and oxygen atoms in total. The summed E-state index contributed by atoms with van der Waals surface area (Å²) in [4.78, 5) is 23.0. The first-order chi connectivity index (χ1) is 19.0. The van der Waals surface area contributed by atoms with Crippen molar-refractivity contribution in [3.63, 3.8) is 0 Å². The number of aromatic amines is 1. The quantitative estimate of drug-likeness (QED) is 0.284. The first kappa shape index (κ1) is 24.8. The van der Waals surface area contributed by atoms with E-state index in [9.17, 15) is 0 Å². The number of ether oxygens (including phenoxy) is 3. The van der Waals surface area contributed by atoms with Gasteiger partial charge in [0.15, 0.2) is 0 Å². The molecule has 0 radical (unpaired) electrons. The van der Waals surface area contributed by atoms with Crippen molar-refractivity contribution >= 4 is 48.6 Å². The van der Waals surface area contributed by atoms with Gasteiger partial charge in [-0.1, -0.05) is 6.07 Å². The van der Waals surface area contributed by atoms with Crippen LogP contribution in [0.1, 0.15) is 49.1 Å². The van der Waals surface area contributed by atoms with E-state index >= 15 is 0 Å². The van der Waals surface area contributed by atoms with E-state index in [1.807, 2.05) is 0 Å². The Kier molecular flexibility index (Phi) is 6.43. The highest BCUT2D eigenvalue weighted by atomic mass is 32.1. The standard InChI is InChI=1S/C29H32N6O3S/c1-29(2)12-23-19(14-38-29)20(13-37-18-6-9-36-10-7-18)24-25-26(39-28(24)35-23)27(34-16-33-25)30-8-5-17-3-4-21-22(11-17)32-15-31-21/h3-4,11,15-16,18H,5-10,12-14H2,1-2H3,(H,31,32)(H,30,33,34). The van der Waals surface area contributed by atoms with Crippen LogP contribution in [-0.2, 0) is 40.3 Å². The molecule has 202 valence electrons. The van der Waals surface area contributed by atoms with E-state index in [0.29, 0.717) is 13.2 Å². The number of hydrogen-bond donors (Lipinski definition) is 2. The van der Waals surface area contributed by atoms with Gasteiger partial charge in [-0.3, -0.25) is 0 Å². The van der Waals surface area contributed by atoms with E-state index in [2.05, 4.69) is 52.3 Å². The zero-order valence-electron chi connectivity index (χ0n) is 22.2. The maximum absolute atomic E-state index is 6.46. The Morgan fingerprint density at radius 2 is 2.08 bits per heavy atom. The lowest BCUT2D eigenvalue weighted by Crippen LogP contribution is -2.33. The molecule has 39 heavy (non-hydrogen) atoms. The second kappa shape index (κ2) is 10.1. The van der Waals surface area contributed by atoms with Gasteiger partial charge in [0, 0.05) is 37.1 Å². The van der Waals surface area contributed by atoms with Crippen LogP contribution in [-0.4, -0.2) is 56.4 Å². The molecule has 4 aromatic heterocycles. The molecule has 1 fully saturated rings. The number of nitrogens with zero attached hydrogens (tertiary/aromatic N) is 4. The van der Waals surface area contributed by atoms with Gasteiger partial charge in [-0.15, -0.1) is 11.3 Å². The number of pyridine rings is 1. The topological polar surface area (TPSA) is 107 Å². The van der Waals surface area contributed by atoms with E-state index < -0.39 is 0 Å². The van der Waals surface area contributed by atoms with Crippen molar-refractivity contribution in [2.45, 2.75) is 64.4 Å². The van der Waals surface area contributed by atoms with Gasteiger partial charge in [0.05, 0.1) is 58.2 Å². The molecule has 0 saturated carbocycles. The van der Waals surface area contributed by atoms with E-state index in [-0.39, 0.29) is 11.7 Å². The van der Waals surface area contributed by atoms with E-state index in [4.69, 9.17) is 24.2 Å². The fourth-order valence-electron chi connectivity index (χ4n) is 5.59. The summed E-state index contributed by atoms with van der Waals surface area (Å²) in [5.74, 6) is 0.842. The minimum absolute atomic E-state index is 0.205. The number of nitrogens with one attached hydrogen (secondary N) is 2. The van der Waals surface area contributed by atoms with Crippen LogP contribution in [0, 0.1) is 0 Å². The molecule has 10 heteroatoms. The van der Waals surface area contributed by atoms with Gasteiger partial charge in [-0.25, -0.2) is 19.9 Å². The number of rotatable bonds is 7. The van der Waals surface area contributed by atoms with Gasteiger partial charge < -0.3 is 24.5 Å². The number of anilines is 1. The fraction of sp³-hybridized carbons (Fsp3) is 0.448. The van der Waals surface area contributed by atoms with Gasteiger partial charge in [-0.2, -0.15) is 0 Å². The normalized spacial score (nSPS) is 17.7. The lowest BCUT2D eigenvalue weighted by Gasteiger charge is -2.32. The van der Waals surface area contributed by atoms with Crippen LogP contribution in [0.3, 0.4) is 0 Å². The molecule has 1 aromatic carbocycles. The zero-order chi connectivity index (χ0) is 26.4. The monoisotopic (exact) mass is 544 g/mol. The third-order valence-corrected chi connectivity index (χ3v) is 8.81. The second-order valence-electron chi connectivity index (χ2n) is 11.0. The Morgan fingerprint density at radius 1 is 1.18 bits per heavy atom. The summed E-state index contributed by atoms with van der Waals surface area (Å²) < 4.78 is 19.3. The third-order valence-electron chi connectivity index (χ3n) is 7.73. The first-order valence-electron chi connectivity index (χ1n) is 13.6. The molecule has 0 spiro atoms. The summed E-state index contributed by atoms with van der Waals surface area (Å²) in [6.45, 7) is 7.57. The van der Waals surface area contributed by atoms with Crippen LogP contribution < -0.4 is 5.32 Å². The molecular weight excluding hydrogens is 512 g/mol. The molecule has 6 heterocycles. The molecule has 0 atom stereocenters. The number of hydrogen-bond acceptors (Lipinski definition) is 9. The molecule has 2 aliphatic heterocycles. The fourth-order valence-corrected chi connectivity index (χ4v) is 6.73. The predicted octanol–water partition coefficient (Wildman–Crippen LogP) is 5.32. The van der Waals surface area contributed by atoms with Gasteiger partial charge in [0.1, 0.15) is 17.0 Å². The SMILES string of the molecule is CC1(C)Cc2nc3sc4c(NCCc5ccc6[nH]cnc6c5)ncnc4c3c(COC3CCOCC3)c2CO1. The maximum Gasteiger partial charge on any atom is 0.147 e. The number of imidazole rings is 1. The molecule has 2 N–H and O–H groups in total. The highest BCUT2D eigenvalue weighted by Gasteiger charge is 2.31. The average molecular weight is 545 g/mol. The maximum atomic E-state index is 6.46. The molecule has 7 rings (SSSR count). The summed E-state index contributed by atoms with van der Waals surface area (Å²) in [7, 11) is 0. The van der Waals surface area contributed by atoms with Crippen molar-refractivity contribution in [3.05, 3.63) is 53.2 Å². The van der Waals surface area contributed by atoms with Crippen molar-refractivity contribution in [1.82, 2.24) is 24.9 Å². The highest BCUT2D eigenvalue weighted by Crippen LogP contribution is 2.41. The Labute approximate surface area is 230 Å². The lowest BCUT2D eigenvalue weighted by atomic mass is 9.92. The number of benzene rings is 1. The van der Waals surface area contributed by atoms with Gasteiger partial charge in [-0.05, 0) is 56.4 Å². The van der Waals surface area contributed by atoms with Crippen molar-refractivity contribution in [1.29, 1.82) is 0 Å². The highest BCUT2D eigenvalue weighted by molar-refractivity contribution is 7.26. The zero-order valence-corrected chi connectivity index (χ0v) is 23.1. The smallest absolute Gasteiger partial charge is 0.147 e. The van der Waals surface area contributed by atoms with Crippen LogP contribution in [0.4, 0.5) is 5.82 Å². The van der Waals surface area contributed by atoms with E-state index in [1.165, 1.54) is 5.56 Å². The van der Waals surface area contributed by atoms with Crippen LogP contribution in [0.25, 0.3) is 31.5 Å². The molecule has 5 aromatic rings. The van der Waals surface area contributed by atoms with E-state index in [1.54, 1.807) is 24.0 Å². The van der Waals surface area contributed by atoms with E-state index in [0.717, 1.165) is 99.5 Å². The molecular formula is C29H32N6O3S. The summed E-state index contributed by atoms with van der Waals surface area (Å²) >= 11 is 1.66. The molecule has 0 aliphatic carbocycles. The minimum Gasteiger partial charge on any atom is -0.381 e. The Balaban J connectivity index is 1.22. The third kappa shape index (κ3) is 4.86. The Bertz CT molecular complexity index is 1660. The molecule has 2 aliphatic rings. The average Bonchev–Trinajstić information content (AvgIpc) is 3.55. The molecule has 0 amide bonds. The Hall–Kier alpha value is -3.18. The van der Waals surface area contributed by atoms with Crippen molar-refractivity contribution in [3.8, 4) is 0 Å². The van der Waals surface area contributed by atoms with Crippen molar-refractivity contribution in [2.24, 2.45) is 0 Å². The number of thiophene rings is 1. The van der Waals surface area contributed by atoms with Crippen molar-refractivity contribution in [2.75, 3.05) is 25.1 Å². The summed E-state index contributed by atoms with van der Waals surface area (Å²) in [5, 5.41) is 4.63. The van der Waals surface area contributed by atoms with Gasteiger partial charge >= 0.3 is 0 Å². The molecule has 0 bridgehead atoms. The number of fused-ring (bicyclic) bond motifs is 5. The largest absolute Gasteiger partial charge is 0.381 e. The predicted molar refractivity (Wildman–Crippen MR) is 152 cm³/mol. The summed E-state index contributed by atoms with van der Waals surface area (Å²) in [5.41, 5.74) is 7.36. The summed E-state index contributed by atoms with van der Waals surface area (Å²) in [6.07, 6.45) is 7.07. The van der Waals surface area contributed by atoms with Gasteiger partial charge in [0.25, 0.3) is 0 Å². The molecule has 1 saturated heterocycles. The van der Waals surface area contributed by atoms with Crippen LogP contribution in [0.2, 0.25) is 0 Å². The van der Waals surface area contributed by atoms with Gasteiger partial charge in [0.2, 0.25) is 0 Å². The van der Waals surface area contributed by atoms with Crippen LogP contribution in [0.15, 0.2) is 30.9 Å². The minimum atomic E-state index is -0.241. The number of H-pyrrole nitrogens is 1. The second-order valence-corrected chi connectivity index (χ2v) is 12.0. The number of aromatic nitrogens is 5. The molecule has 0 unspecified atom stereocenters. The summed E-state index contributed by atoms with van der Waals surface area (Å²) in [6, 6.07) is 6.35. The van der Waals surface area contributed by atoms with Crippen LogP contribution in [0.5, 0.6) is 0 Å². The lowest BCUT2D eigenvalue weighted by molar-refractivity contribution is -0.0483.